The van der Waals surface area contributed by atoms with Crippen molar-refractivity contribution in [2.75, 3.05) is 0 Å². The molecule has 0 radical (unpaired) electrons. The van der Waals surface area contributed by atoms with Gasteiger partial charge >= 0.3 is 5.09 Å². The summed E-state index contributed by atoms with van der Waals surface area (Å²) in [5, 5.41) is 29.4. The maximum Gasteiger partial charge on any atom is 0.301 e. The summed E-state index contributed by atoms with van der Waals surface area (Å²) in [6.07, 6.45) is 0. The Bertz CT molecular complexity index is 656. The van der Waals surface area contributed by atoms with E-state index in [0.717, 1.165) is 18.2 Å². The number of benzene rings is 1. The molecule has 2 rings (SSSR count). The average molecular weight is 251 g/mol. The predicted molar refractivity (Wildman–Crippen MR) is 57.7 cm³/mol. The van der Waals surface area contributed by atoms with Crippen LogP contribution in [0.15, 0.2) is 24.3 Å². The Balaban J connectivity index is 2.66. The van der Waals surface area contributed by atoms with Gasteiger partial charge in [-0.15, -0.1) is 10.1 Å². The number of pyridine rings is 1. The lowest BCUT2D eigenvalue weighted by molar-refractivity contribution is -0.712. The van der Waals surface area contributed by atoms with E-state index in [-0.39, 0.29) is 28.2 Å². The van der Waals surface area contributed by atoms with Crippen molar-refractivity contribution < 1.29 is 20.0 Å². The zero-order valence-corrected chi connectivity index (χ0v) is 8.64. The van der Waals surface area contributed by atoms with Crippen LogP contribution in [0, 0.1) is 20.2 Å². The largest absolute Gasteiger partial charge is 0.506 e. The molecule has 9 nitrogen and oxygen atoms in total. The first-order valence-electron chi connectivity index (χ1n) is 4.58. The second-order valence-electron chi connectivity index (χ2n) is 3.22. The van der Waals surface area contributed by atoms with E-state index in [1.807, 2.05) is 0 Å². The highest BCUT2D eigenvalue weighted by Gasteiger charge is 2.16. The SMILES string of the molecule is O=[N+]([O-])Oc1ccc2c([N+](=O)[O-])ccc(O)c2n1. The van der Waals surface area contributed by atoms with Gasteiger partial charge in [-0.3, -0.25) is 15.0 Å². The van der Waals surface area contributed by atoms with E-state index < -0.39 is 10.0 Å². The molecule has 1 aromatic heterocycles. The lowest BCUT2D eigenvalue weighted by Crippen LogP contribution is -2.05. The minimum atomic E-state index is -1.07. The van der Waals surface area contributed by atoms with Gasteiger partial charge in [0.05, 0.1) is 10.3 Å². The van der Waals surface area contributed by atoms with Crippen molar-refractivity contribution in [3.63, 3.8) is 0 Å². The number of phenols is 1. The fourth-order valence-corrected chi connectivity index (χ4v) is 1.46. The number of hydrogen-bond acceptors (Lipinski definition) is 7. The summed E-state index contributed by atoms with van der Waals surface area (Å²) < 4.78 is 0. The minimum absolute atomic E-state index is 0.0655. The van der Waals surface area contributed by atoms with Crippen molar-refractivity contribution in [3.8, 4) is 11.6 Å². The molecule has 9 heteroatoms. The average Bonchev–Trinajstić information content (AvgIpc) is 2.29. The van der Waals surface area contributed by atoms with Crippen molar-refractivity contribution in [1.29, 1.82) is 0 Å². The van der Waals surface area contributed by atoms with Crippen molar-refractivity contribution in [3.05, 3.63) is 44.5 Å². The quantitative estimate of drug-likeness (QED) is 0.644. The van der Waals surface area contributed by atoms with Crippen molar-refractivity contribution >= 4 is 16.6 Å². The molecule has 0 bridgehead atoms. The number of hydrogen-bond donors (Lipinski definition) is 1. The van der Waals surface area contributed by atoms with E-state index in [9.17, 15) is 25.3 Å². The first kappa shape index (κ1) is 11.5. The van der Waals surface area contributed by atoms with Crippen LogP contribution >= 0.6 is 0 Å². The summed E-state index contributed by atoms with van der Waals surface area (Å²) in [6, 6.07) is 4.54. The standard InChI is InChI=1S/C9H5N3O6/c13-7-3-2-6(11(14)15)5-1-4-8(10-9(5)7)18-12(16)17/h1-4,13H. The van der Waals surface area contributed by atoms with E-state index in [4.69, 9.17) is 0 Å². The van der Waals surface area contributed by atoms with Crippen molar-refractivity contribution in [2.24, 2.45) is 0 Å². The lowest BCUT2D eigenvalue weighted by atomic mass is 10.1. The van der Waals surface area contributed by atoms with Crippen LogP contribution in [0.1, 0.15) is 0 Å². The van der Waals surface area contributed by atoms with Crippen LogP contribution in [-0.4, -0.2) is 20.1 Å². The van der Waals surface area contributed by atoms with E-state index in [1.165, 1.54) is 6.07 Å². The first-order valence-corrected chi connectivity index (χ1v) is 4.58. The zero-order chi connectivity index (χ0) is 13.3. The molecule has 0 unspecified atom stereocenters. The van der Waals surface area contributed by atoms with E-state index in [2.05, 4.69) is 9.82 Å². The number of nitrogens with zero attached hydrogens (tertiary/aromatic N) is 3. The van der Waals surface area contributed by atoms with Gasteiger partial charge in [0.1, 0.15) is 11.3 Å². The summed E-state index contributed by atoms with van der Waals surface area (Å²) in [4.78, 5) is 28.0. The normalized spacial score (nSPS) is 10.2. The monoisotopic (exact) mass is 251 g/mol. The van der Waals surface area contributed by atoms with Crippen LogP contribution in [0.3, 0.4) is 0 Å². The van der Waals surface area contributed by atoms with E-state index in [0.29, 0.717) is 0 Å². The summed E-state index contributed by atoms with van der Waals surface area (Å²) >= 11 is 0. The molecule has 2 aromatic rings. The molecule has 0 fully saturated rings. The first-order chi connectivity index (χ1) is 8.49. The summed E-state index contributed by atoms with van der Waals surface area (Å²) in [6.45, 7) is 0. The maximum atomic E-state index is 10.7. The van der Waals surface area contributed by atoms with Gasteiger partial charge in [-0.1, -0.05) is 0 Å². The number of nitro benzene ring substituents is 1. The summed E-state index contributed by atoms with van der Waals surface area (Å²) in [5.41, 5.74) is -0.397. The van der Waals surface area contributed by atoms with Crippen LogP contribution < -0.4 is 4.84 Å². The third-order valence-corrected chi connectivity index (χ3v) is 2.15. The molecule has 92 valence electrons. The van der Waals surface area contributed by atoms with Crippen molar-refractivity contribution in [2.45, 2.75) is 0 Å². The number of rotatable bonds is 3. The lowest BCUT2D eigenvalue weighted by Gasteiger charge is -2.03. The number of fused-ring (bicyclic) bond motifs is 1. The minimum Gasteiger partial charge on any atom is -0.506 e. The zero-order valence-electron chi connectivity index (χ0n) is 8.64. The Morgan fingerprint density at radius 1 is 1.17 bits per heavy atom. The second kappa shape index (κ2) is 4.13. The Labute approximate surface area is 98.5 Å². The van der Waals surface area contributed by atoms with Crippen LogP contribution in [-0.2, 0) is 0 Å². The number of aromatic hydroxyl groups is 1. The van der Waals surface area contributed by atoms with Gasteiger partial charge in [0, 0.05) is 6.07 Å². The van der Waals surface area contributed by atoms with Crippen molar-refractivity contribution in [1.82, 2.24) is 4.98 Å². The van der Waals surface area contributed by atoms with Gasteiger partial charge in [0.2, 0.25) is 5.88 Å². The van der Waals surface area contributed by atoms with Crippen LogP contribution in [0.25, 0.3) is 10.9 Å². The van der Waals surface area contributed by atoms with Crippen LogP contribution in [0.2, 0.25) is 0 Å². The summed E-state index contributed by atoms with van der Waals surface area (Å²) in [7, 11) is 0. The van der Waals surface area contributed by atoms with Gasteiger partial charge < -0.3 is 5.11 Å². The van der Waals surface area contributed by atoms with Gasteiger partial charge in [-0.25, -0.2) is 4.98 Å². The number of non-ortho nitro benzene ring substituents is 1. The van der Waals surface area contributed by atoms with Gasteiger partial charge in [-0.05, 0) is 18.2 Å². The summed E-state index contributed by atoms with van der Waals surface area (Å²) in [5.74, 6) is -0.701. The molecule has 0 saturated heterocycles. The molecule has 0 amide bonds. The molecule has 0 spiro atoms. The van der Waals surface area contributed by atoms with E-state index >= 15 is 0 Å². The smallest absolute Gasteiger partial charge is 0.301 e. The predicted octanol–water partition coefficient (Wildman–Crippen LogP) is 1.42. The topological polar surface area (TPSA) is 129 Å². The highest BCUT2D eigenvalue weighted by Crippen LogP contribution is 2.32. The number of phenolic OH excluding ortho intramolecular Hbond substituents is 1. The molecular weight excluding hydrogens is 246 g/mol. The molecule has 0 aliphatic carbocycles. The molecule has 0 atom stereocenters. The molecule has 0 saturated carbocycles. The maximum absolute atomic E-state index is 10.7. The molecular formula is C9H5N3O6. The van der Waals surface area contributed by atoms with Crippen LogP contribution in [0.4, 0.5) is 5.69 Å². The highest BCUT2D eigenvalue weighted by atomic mass is 17.0. The Kier molecular flexibility index (Phi) is 2.64. The number of aromatic nitrogens is 1. The fourth-order valence-electron chi connectivity index (χ4n) is 1.46. The Hall–Kier alpha value is -2.97. The second-order valence-corrected chi connectivity index (χ2v) is 3.22. The third kappa shape index (κ3) is 1.96. The molecule has 1 N–H and O–H groups in total. The molecule has 0 aliphatic heterocycles. The van der Waals surface area contributed by atoms with Gasteiger partial charge in [0.15, 0.2) is 0 Å². The molecule has 1 aromatic carbocycles. The molecule has 1 heterocycles. The van der Waals surface area contributed by atoms with Gasteiger partial charge in [-0.2, -0.15) is 0 Å². The van der Waals surface area contributed by atoms with E-state index in [1.54, 1.807) is 0 Å². The highest BCUT2D eigenvalue weighted by molar-refractivity contribution is 5.92. The van der Waals surface area contributed by atoms with Crippen LogP contribution in [0.5, 0.6) is 11.6 Å². The number of nitro groups is 1. The van der Waals surface area contributed by atoms with Gasteiger partial charge in [0.25, 0.3) is 5.69 Å². The Morgan fingerprint density at radius 3 is 2.50 bits per heavy atom. The molecule has 0 aliphatic rings. The fraction of sp³-hybridized carbons (Fsp3) is 0. The molecule has 18 heavy (non-hydrogen) atoms. The Morgan fingerprint density at radius 2 is 1.89 bits per heavy atom. The third-order valence-electron chi connectivity index (χ3n) is 2.15.